The van der Waals surface area contributed by atoms with Crippen molar-refractivity contribution in [1.29, 1.82) is 0 Å². The summed E-state index contributed by atoms with van der Waals surface area (Å²) in [6, 6.07) is 10.4. The maximum Gasteiger partial charge on any atom is 0.0423 e. The Morgan fingerprint density at radius 1 is 1.33 bits per heavy atom. The number of benzene rings is 1. The van der Waals surface area contributed by atoms with Crippen LogP contribution in [0.5, 0.6) is 0 Å². The molecule has 2 heteroatoms. The normalized spacial score (nSPS) is 11.9. The zero-order valence-corrected chi connectivity index (χ0v) is 9.77. The maximum atomic E-state index is 5.62. The Labute approximate surface area is 92.4 Å². The third-order valence-corrected chi connectivity index (χ3v) is 2.47. The van der Waals surface area contributed by atoms with Crippen molar-refractivity contribution in [3.63, 3.8) is 0 Å². The Balaban J connectivity index is 2.67. The molecular weight excluding hydrogens is 184 g/mol. The summed E-state index contributed by atoms with van der Waals surface area (Å²) < 4.78 is 0. The minimum Gasteiger partial charge on any atom is -0.403 e. The van der Waals surface area contributed by atoms with Crippen molar-refractivity contribution in [1.82, 2.24) is 4.90 Å². The van der Waals surface area contributed by atoms with Gasteiger partial charge in [-0.05, 0) is 11.5 Å². The quantitative estimate of drug-likeness (QED) is 0.816. The summed E-state index contributed by atoms with van der Waals surface area (Å²) in [5.74, 6) is 0.462. The summed E-state index contributed by atoms with van der Waals surface area (Å²) in [4.78, 5) is 2.19. The lowest BCUT2D eigenvalue weighted by Gasteiger charge is -2.25. The van der Waals surface area contributed by atoms with Gasteiger partial charge in [0.1, 0.15) is 0 Å². The van der Waals surface area contributed by atoms with Crippen LogP contribution in [-0.4, -0.2) is 11.9 Å². The molecule has 0 bridgehead atoms. The van der Waals surface area contributed by atoms with Crippen molar-refractivity contribution in [2.24, 2.45) is 11.7 Å². The van der Waals surface area contributed by atoms with Gasteiger partial charge in [-0.25, -0.2) is 0 Å². The highest BCUT2D eigenvalue weighted by atomic mass is 15.1. The fourth-order valence-electron chi connectivity index (χ4n) is 1.71. The second kappa shape index (κ2) is 5.44. The molecule has 1 aromatic rings. The molecule has 0 aliphatic heterocycles. The first-order chi connectivity index (χ1) is 7.15. The molecule has 0 amide bonds. The fourth-order valence-corrected chi connectivity index (χ4v) is 1.71. The van der Waals surface area contributed by atoms with Crippen molar-refractivity contribution in [2.75, 3.05) is 7.05 Å². The van der Waals surface area contributed by atoms with Crippen LogP contribution in [-0.2, 0) is 6.54 Å². The molecule has 0 spiro atoms. The third kappa shape index (κ3) is 3.31. The van der Waals surface area contributed by atoms with Gasteiger partial charge in [0.15, 0.2) is 0 Å². The number of allylic oxidation sites excluding steroid dienone is 1. The van der Waals surface area contributed by atoms with E-state index in [9.17, 15) is 0 Å². The van der Waals surface area contributed by atoms with E-state index in [2.05, 4.69) is 50.1 Å². The van der Waals surface area contributed by atoms with Gasteiger partial charge in [0.2, 0.25) is 0 Å². The van der Waals surface area contributed by atoms with E-state index in [1.165, 1.54) is 11.3 Å². The van der Waals surface area contributed by atoms with Crippen molar-refractivity contribution >= 4 is 0 Å². The first kappa shape index (κ1) is 11.6. The lowest BCUT2D eigenvalue weighted by atomic mass is 10.1. The van der Waals surface area contributed by atoms with Gasteiger partial charge in [0.05, 0.1) is 0 Å². The predicted octanol–water partition coefficient (Wildman–Crippen LogP) is 2.57. The molecular formula is C13H20N2. The molecule has 0 heterocycles. The summed E-state index contributed by atoms with van der Waals surface area (Å²) in [5.41, 5.74) is 8.11. The molecule has 1 rings (SSSR count). The highest BCUT2D eigenvalue weighted by Crippen LogP contribution is 2.15. The maximum absolute atomic E-state index is 5.62. The third-order valence-electron chi connectivity index (χ3n) is 2.47. The first-order valence-corrected chi connectivity index (χ1v) is 5.32. The Hall–Kier alpha value is -1.44. The van der Waals surface area contributed by atoms with Crippen molar-refractivity contribution in [2.45, 2.75) is 20.4 Å². The van der Waals surface area contributed by atoms with Crippen molar-refractivity contribution in [3.05, 3.63) is 47.8 Å². The fraction of sp³-hybridized carbons (Fsp3) is 0.385. The Bertz CT molecular complexity index is 315. The molecule has 0 fully saturated rings. The van der Waals surface area contributed by atoms with Gasteiger partial charge in [-0.3, -0.25) is 0 Å². The van der Waals surface area contributed by atoms with E-state index in [0.717, 1.165) is 6.54 Å². The van der Waals surface area contributed by atoms with Gasteiger partial charge < -0.3 is 10.6 Å². The average Bonchev–Trinajstić information content (AvgIpc) is 2.19. The lowest BCUT2D eigenvalue weighted by molar-refractivity contribution is 0.366. The van der Waals surface area contributed by atoms with Gasteiger partial charge in [-0.2, -0.15) is 0 Å². The minimum atomic E-state index is 0.462. The van der Waals surface area contributed by atoms with E-state index >= 15 is 0 Å². The highest BCUT2D eigenvalue weighted by Gasteiger charge is 2.08. The number of nitrogens with zero attached hydrogens (tertiary/aromatic N) is 1. The van der Waals surface area contributed by atoms with E-state index in [-0.39, 0.29) is 0 Å². The Kier molecular flexibility index (Phi) is 4.22. The molecule has 0 aromatic heterocycles. The van der Waals surface area contributed by atoms with Gasteiger partial charge in [0, 0.05) is 25.5 Å². The zero-order chi connectivity index (χ0) is 11.3. The van der Waals surface area contributed by atoms with Crippen LogP contribution in [0.4, 0.5) is 0 Å². The molecule has 82 valence electrons. The SMILES string of the molecule is CC(C)/C(=C/N)N(C)Cc1ccccc1. The van der Waals surface area contributed by atoms with Crippen LogP contribution in [0.3, 0.4) is 0 Å². The number of hydrogen-bond acceptors (Lipinski definition) is 2. The summed E-state index contributed by atoms with van der Waals surface area (Å²) in [6.45, 7) is 5.21. The largest absolute Gasteiger partial charge is 0.403 e. The van der Waals surface area contributed by atoms with Crippen LogP contribution in [0.2, 0.25) is 0 Å². The molecule has 0 aliphatic rings. The molecule has 0 unspecified atom stereocenters. The average molecular weight is 204 g/mol. The molecule has 0 aliphatic carbocycles. The summed E-state index contributed by atoms with van der Waals surface area (Å²) in [7, 11) is 2.08. The van der Waals surface area contributed by atoms with Gasteiger partial charge >= 0.3 is 0 Å². The molecule has 0 saturated heterocycles. The second-order valence-corrected chi connectivity index (χ2v) is 4.09. The molecule has 0 radical (unpaired) electrons. The smallest absolute Gasteiger partial charge is 0.0423 e. The Morgan fingerprint density at radius 2 is 1.93 bits per heavy atom. The summed E-state index contributed by atoms with van der Waals surface area (Å²) in [6.07, 6.45) is 1.70. The monoisotopic (exact) mass is 204 g/mol. The minimum absolute atomic E-state index is 0.462. The second-order valence-electron chi connectivity index (χ2n) is 4.09. The van der Waals surface area contributed by atoms with Gasteiger partial charge in [-0.15, -0.1) is 0 Å². The van der Waals surface area contributed by atoms with Crippen LogP contribution < -0.4 is 5.73 Å². The van der Waals surface area contributed by atoms with Crippen molar-refractivity contribution in [3.8, 4) is 0 Å². The van der Waals surface area contributed by atoms with E-state index in [4.69, 9.17) is 5.73 Å². The van der Waals surface area contributed by atoms with E-state index < -0.39 is 0 Å². The van der Waals surface area contributed by atoms with Crippen LogP contribution in [0.15, 0.2) is 42.2 Å². The molecule has 15 heavy (non-hydrogen) atoms. The van der Waals surface area contributed by atoms with Crippen LogP contribution >= 0.6 is 0 Å². The van der Waals surface area contributed by atoms with Crippen molar-refractivity contribution < 1.29 is 0 Å². The molecule has 0 atom stereocenters. The molecule has 1 aromatic carbocycles. The summed E-state index contributed by atoms with van der Waals surface area (Å²) >= 11 is 0. The van der Waals surface area contributed by atoms with Crippen LogP contribution in [0, 0.1) is 5.92 Å². The van der Waals surface area contributed by atoms with Gasteiger partial charge in [-0.1, -0.05) is 44.2 Å². The van der Waals surface area contributed by atoms with E-state index in [1.54, 1.807) is 6.20 Å². The number of rotatable bonds is 4. The standard InChI is InChI=1S/C13H20N2/c1-11(2)13(9-14)15(3)10-12-7-5-4-6-8-12/h4-9,11H,10,14H2,1-3H3/b13-9-. The van der Waals surface area contributed by atoms with E-state index in [1.807, 2.05) is 6.07 Å². The lowest BCUT2D eigenvalue weighted by Crippen LogP contribution is -2.21. The highest BCUT2D eigenvalue weighted by molar-refractivity contribution is 5.16. The molecule has 2 N–H and O–H groups in total. The Morgan fingerprint density at radius 3 is 2.40 bits per heavy atom. The van der Waals surface area contributed by atoms with Crippen LogP contribution in [0.25, 0.3) is 0 Å². The van der Waals surface area contributed by atoms with E-state index in [0.29, 0.717) is 5.92 Å². The topological polar surface area (TPSA) is 29.3 Å². The first-order valence-electron chi connectivity index (χ1n) is 5.32. The predicted molar refractivity (Wildman–Crippen MR) is 65.0 cm³/mol. The summed E-state index contributed by atoms with van der Waals surface area (Å²) in [5, 5.41) is 0. The zero-order valence-electron chi connectivity index (χ0n) is 9.77. The molecule has 2 nitrogen and oxygen atoms in total. The number of hydrogen-bond donors (Lipinski definition) is 1. The van der Waals surface area contributed by atoms with Gasteiger partial charge in [0.25, 0.3) is 0 Å². The number of nitrogens with two attached hydrogens (primary N) is 1. The van der Waals surface area contributed by atoms with Crippen LogP contribution in [0.1, 0.15) is 19.4 Å². The molecule has 0 saturated carbocycles.